The third-order valence-electron chi connectivity index (χ3n) is 3.95. The van der Waals surface area contributed by atoms with E-state index in [4.69, 9.17) is 4.74 Å². The van der Waals surface area contributed by atoms with Crippen LogP contribution in [0.2, 0.25) is 0 Å². The van der Waals surface area contributed by atoms with Crippen LogP contribution in [-0.2, 0) is 5.60 Å². The van der Waals surface area contributed by atoms with Crippen molar-refractivity contribution in [2.45, 2.75) is 37.7 Å². The van der Waals surface area contributed by atoms with Gasteiger partial charge in [0.15, 0.2) is 0 Å². The van der Waals surface area contributed by atoms with E-state index in [1.165, 1.54) is 6.42 Å². The number of rotatable bonds is 3. The maximum atomic E-state index is 10.9. The van der Waals surface area contributed by atoms with Crippen molar-refractivity contribution in [3.05, 3.63) is 36.8 Å². The fourth-order valence-corrected chi connectivity index (χ4v) is 2.88. The van der Waals surface area contributed by atoms with E-state index < -0.39 is 5.60 Å². The summed E-state index contributed by atoms with van der Waals surface area (Å²) in [5.74, 6) is 1.08. The summed E-state index contributed by atoms with van der Waals surface area (Å²) in [5.41, 5.74) is 0.263. The van der Waals surface area contributed by atoms with Crippen molar-refractivity contribution in [1.29, 1.82) is 0 Å². The highest BCUT2D eigenvalue weighted by molar-refractivity contribution is 5.33. The fourth-order valence-electron chi connectivity index (χ4n) is 2.88. The van der Waals surface area contributed by atoms with Gasteiger partial charge in [-0.25, -0.2) is 0 Å². The van der Waals surface area contributed by atoms with Gasteiger partial charge < -0.3 is 9.84 Å². The highest BCUT2D eigenvalue weighted by Gasteiger charge is 2.39. The Bertz CT molecular complexity index is 375. The van der Waals surface area contributed by atoms with Crippen LogP contribution < -0.4 is 4.74 Å². The second-order valence-electron chi connectivity index (χ2n) is 4.89. The molecule has 0 heterocycles. The van der Waals surface area contributed by atoms with Crippen LogP contribution in [0.3, 0.4) is 0 Å². The second-order valence-corrected chi connectivity index (χ2v) is 4.89. The van der Waals surface area contributed by atoms with Crippen molar-refractivity contribution in [3.63, 3.8) is 0 Å². The Morgan fingerprint density at radius 3 is 3.00 bits per heavy atom. The molecule has 1 aromatic carbocycles. The van der Waals surface area contributed by atoms with Crippen LogP contribution in [-0.4, -0.2) is 12.2 Å². The van der Waals surface area contributed by atoms with Crippen molar-refractivity contribution in [3.8, 4) is 5.75 Å². The minimum Gasteiger partial charge on any atom is -0.497 e. The molecule has 1 aliphatic rings. The monoisotopic (exact) mass is 233 g/mol. The molecule has 0 aromatic heterocycles. The number of benzene rings is 1. The lowest BCUT2D eigenvalue weighted by atomic mass is 9.70. The Kier molecular flexibility index (Phi) is 3.72. The molecule has 2 rings (SSSR count). The molecule has 1 N–H and O–H groups in total. The van der Waals surface area contributed by atoms with Crippen LogP contribution in [0.5, 0.6) is 5.75 Å². The summed E-state index contributed by atoms with van der Waals surface area (Å²) in [5, 5.41) is 10.9. The Hall–Kier alpha value is -1.02. The lowest BCUT2D eigenvalue weighted by Crippen LogP contribution is -2.37. The number of methoxy groups -OCH3 is 1. The van der Waals surface area contributed by atoms with Crippen LogP contribution in [0.1, 0.15) is 37.7 Å². The SMILES string of the molecule is [CH2]CC1CCCCC1(O)c1cccc(OC)c1. The van der Waals surface area contributed by atoms with Crippen molar-refractivity contribution in [2.24, 2.45) is 5.92 Å². The summed E-state index contributed by atoms with van der Waals surface area (Å²) in [4.78, 5) is 0. The smallest absolute Gasteiger partial charge is 0.119 e. The zero-order chi connectivity index (χ0) is 12.3. The van der Waals surface area contributed by atoms with Crippen LogP contribution in [0.4, 0.5) is 0 Å². The summed E-state index contributed by atoms with van der Waals surface area (Å²) in [6.45, 7) is 3.98. The Balaban J connectivity index is 2.33. The summed E-state index contributed by atoms with van der Waals surface area (Å²) in [7, 11) is 1.66. The number of aliphatic hydroxyl groups is 1. The van der Waals surface area contributed by atoms with E-state index in [0.29, 0.717) is 0 Å². The van der Waals surface area contributed by atoms with Crippen molar-refractivity contribution < 1.29 is 9.84 Å². The van der Waals surface area contributed by atoms with Crippen LogP contribution in [0, 0.1) is 12.8 Å². The molecule has 2 atom stereocenters. The highest BCUT2D eigenvalue weighted by Crippen LogP contribution is 2.43. The van der Waals surface area contributed by atoms with Gasteiger partial charge in [0, 0.05) is 0 Å². The van der Waals surface area contributed by atoms with Gasteiger partial charge in [-0.05, 0) is 42.9 Å². The molecule has 1 fully saturated rings. The summed E-state index contributed by atoms with van der Waals surface area (Å²) in [6.07, 6.45) is 4.97. The average Bonchev–Trinajstić information content (AvgIpc) is 2.39. The van der Waals surface area contributed by atoms with Gasteiger partial charge in [-0.15, -0.1) is 0 Å². The Labute approximate surface area is 104 Å². The quantitative estimate of drug-likeness (QED) is 0.868. The topological polar surface area (TPSA) is 29.5 Å². The molecule has 2 nitrogen and oxygen atoms in total. The van der Waals surface area contributed by atoms with Crippen molar-refractivity contribution in [2.75, 3.05) is 7.11 Å². The van der Waals surface area contributed by atoms with Gasteiger partial charge >= 0.3 is 0 Å². The summed E-state index contributed by atoms with van der Waals surface area (Å²) < 4.78 is 5.23. The predicted octanol–water partition coefficient (Wildman–Crippen LogP) is 3.30. The lowest BCUT2D eigenvalue weighted by Gasteiger charge is -2.40. The first kappa shape index (κ1) is 12.4. The van der Waals surface area contributed by atoms with E-state index in [1.807, 2.05) is 24.3 Å². The van der Waals surface area contributed by atoms with Gasteiger partial charge in [-0.2, -0.15) is 0 Å². The largest absolute Gasteiger partial charge is 0.497 e. The third kappa shape index (κ3) is 2.32. The van der Waals surface area contributed by atoms with Crippen LogP contribution in [0.15, 0.2) is 24.3 Å². The number of hydrogen-bond donors (Lipinski definition) is 1. The normalized spacial score (nSPS) is 29.0. The van der Waals surface area contributed by atoms with Gasteiger partial charge in [0.05, 0.1) is 12.7 Å². The molecule has 2 heteroatoms. The number of ether oxygens (including phenoxy) is 1. The highest BCUT2D eigenvalue weighted by atomic mass is 16.5. The molecule has 93 valence electrons. The Morgan fingerprint density at radius 2 is 2.29 bits per heavy atom. The van der Waals surface area contributed by atoms with Gasteiger partial charge in [0.1, 0.15) is 5.75 Å². The molecule has 1 saturated carbocycles. The van der Waals surface area contributed by atoms with Crippen LogP contribution >= 0.6 is 0 Å². The van der Waals surface area contributed by atoms with E-state index in [1.54, 1.807) is 7.11 Å². The number of hydrogen-bond acceptors (Lipinski definition) is 2. The maximum absolute atomic E-state index is 10.9. The molecule has 1 radical (unpaired) electrons. The fraction of sp³-hybridized carbons (Fsp3) is 0.533. The summed E-state index contributed by atoms with van der Waals surface area (Å²) in [6, 6.07) is 7.81. The molecule has 1 aromatic rings. The maximum Gasteiger partial charge on any atom is 0.119 e. The first-order valence-corrected chi connectivity index (χ1v) is 6.37. The average molecular weight is 233 g/mol. The molecule has 2 unspecified atom stereocenters. The molecule has 0 bridgehead atoms. The predicted molar refractivity (Wildman–Crippen MR) is 68.8 cm³/mol. The third-order valence-corrected chi connectivity index (χ3v) is 3.95. The van der Waals surface area contributed by atoms with Gasteiger partial charge in [-0.1, -0.05) is 31.9 Å². The first-order valence-electron chi connectivity index (χ1n) is 6.37. The van der Waals surface area contributed by atoms with E-state index in [2.05, 4.69) is 6.92 Å². The minimum absolute atomic E-state index is 0.267. The molecular weight excluding hydrogens is 212 g/mol. The molecule has 0 spiro atoms. The van der Waals surface area contributed by atoms with E-state index in [0.717, 1.165) is 37.0 Å². The molecule has 17 heavy (non-hydrogen) atoms. The lowest BCUT2D eigenvalue weighted by molar-refractivity contribution is -0.0536. The van der Waals surface area contributed by atoms with Crippen LogP contribution in [0.25, 0.3) is 0 Å². The minimum atomic E-state index is -0.714. The Morgan fingerprint density at radius 1 is 1.47 bits per heavy atom. The molecule has 0 saturated heterocycles. The van der Waals surface area contributed by atoms with Gasteiger partial charge in [0.25, 0.3) is 0 Å². The van der Waals surface area contributed by atoms with Crippen molar-refractivity contribution >= 4 is 0 Å². The second kappa shape index (κ2) is 5.09. The van der Waals surface area contributed by atoms with E-state index >= 15 is 0 Å². The van der Waals surface area contributed by atoms with Gasteiger partial charge in [-0.3, -0.25) is 0 Å². The summed E-state index contributed by atoms with van der Waals surface area (Å²) >= 11 is 0. The van der Waals surface area contributed by atoms with Gasteiger partial charge in [0.2, 0.25) is 0 Å². The molecule has 0 aliphatic heterocycles. The van der Waals surface area contributed by atoms with Crippen molar-refractivity contribution in [1.82, 2.24) is 0 Å². The zero-order valence-electron chi connectivity index (χ0n) is 10.5. The molecule has 1 aliphatic carbocycles. The molecular formula is C15H21O2. The van der Waals surface area contributed by atoms with E-state index in [9.17, 15) is 5.11 Å². The first-order chi connectivity index (χ1) is 8.20. The zero-order valence-corrected chi connectivity index (χ0v) is 10.5. The molecule has 0 amide bonds. The standard InChI is InChI=1S/C15H21O2/c1-3-12-7-4-5-10-15(12,16)13-8-6-9-14(11-13)17-2/h6,8-9,11-12,16H,1,3-5,7,10H2,2H3. The van der Waals surface area contributed by atoms with E-state index in [-0.39, 0.29) is 5.92 Å².